The Morgan fingerprint density at radius 2 is 2.00 bits per heavy atom. The van der Waals surface area contributed by atoms with Crippen molar-refractivity contribution in [3.05, 3.63) is 0 Å². The number of piperidine rings is 1. The highest BCUT2D eigenvalue weighted by molar-refractivity contribution is 7.88. The molecule has 1 rings (SSSR count). The third-order valence-corrected chi connectivity index (χ3v) is 3.93. The van der Waals surface area contributed by atoms with Gasteiger partial charge in [0.25, 0.3) is 0 Å². The van der Waals surface area contributed by atoms with Crippen LogP contribution < -0.4 is 5.32 Å². The van der Waals surface area contributed by atoms with E-state index in [1.54, 1.807) is 20.8 Å². The predicted octanol–water partition coefficient (Wildman–Crippen LogP) is 0.883. The second-order valence-corrected chi connectivity index (χ2v) is 7.66. The van der Waals surface area contributed by atoms with Crippen molar-refractivity contribution < 1.29 is 22.3 Å². The number of nitrogens with one attached hydrogen (secondary N) is 1. The summed E-state index contributed by atoms with van der Waals surface area (Å²) in [6.07, 6.45) is -0.884. The van der Waals surface area contributed by atoms with Gasteiger partial charge < -0.3 is 10.1 Å². The lowest BCUT2D eigenvalue weighted by Gasteiger charge is -2.34. The van der Waals surface area contributed by atoms with Crippen LogP contribution in [0.2, 0.25) is 0 Å². The molecule has 2 atom stereocenters. The monoisotopic (exact) mass is 296 g/mol. The molecular formula is C11H21FN2O4S. The third-order valence-electron chi connectivity index (χ3n) is 2.66. The smallest absolute Gasteiger partial charge is 0.408 e. The SMILES string of the molecule is CC(C)(C)OC(=O)N[C@@H]1CN(S(C)(=O)=O)CC[C@H]1F. The van der Waals surface area contributed by atoms with Crippen LogP contribution in [-0.2, 0) is 14.8 Å². The number of carbonyl (C=O) groups excluding carboxylic acids is 1. The largest absolute Gasteiger partial charge is 0.444 e. The van der Waals surface area contributed by atoms with Crippen LogP contribution in [0.1, 0.15) is 27.2 Å². The minimum absolute atomic E-state index is 0.0630. The number of amides is 1. The van der Waals surface area contributed by atoms with Gasteiger partial charge in [-0.15, -0.1) is 0 Å². The summed E-state index contributed by atoms with van der Waals surface area (Å²) in [5.41, 5.74) is -0.679. The van der Waals surface area contributed by atoms with E-state index in [0.717, 1.165) is 10.6 Å². The Morgan fingerprint density at radius 1 is 1.42 bits per heavy atom. The van der Waals surface area contributed by atoms with Gasteiger partial charge in [-0.2, -0.15) is 4.31 Å². The van der Waals surface area contributed by atoms with E-state index in [9.17, 15) is 17.6 Å². The van der Waals surface area contributed by atoms with E-state index in [2.05, 4.69) is 5.32 Å². The molecule has 0 aliphatic carbocycles. The maximum absolute atomic E-state index is 13.7. The second kappa shape index (κ2) is 5.62. The molecule has 112 valence electrons. The van der Waals surface area contributed by atoms with Crippen molar-refractivity contribution in [2.24, 2.45) is 0 Å². The lowest BCUT2D eigenvalue weighted by atomic mass is 10.1. The number of alkyl carbamates (subject to hydrolysis) is 1. The molecule has 1 saturated heterocycles. The first-order chi connectivity index (χ1) is 8.49. The molecule has 0 aromatic heterocycles. The first-order valence-electron chi connectivity index (χ1n) is 6.08. The van der Waals surface area contributed by atoms with E-state index in [1.165, 1.54) is 0 Å². The summed E-state index contributed by atoms with van der Waals surface area (Å²) >= 11 is 0. The first-order valence-corrected chi connectivity index (χ1v) is 7.92. The molecule has 0 unspecified atom stereocenters. The number of sulfonamides is 1. The molecule has 1 aliphatic heterocycles. The zero-order valence-electron chi connectivity index (χ0n) is 11.6. The average molecular weight is 296 g/mol. The Morgan fingerprint density at radius 3 is 2.47 bits per heavy atom. The van der Waals surface area contributed by atoms with Gasteiger partial charge in [0.05, 0.1) is 12.3 Å². The predicted molar refractivity (Wildman–Crippen MR) is 69.1 cm³/mol. The van der Waals surface area contributed by atoms with E-state index in [-0.39, 0.29) is 19.5 Å². The van der Waals surface area contributed by atoms with Gasteiger partial charge >= 0.3 is 6.09 Å². The molecule has 19 heavy (non-hydrogen) atoms. The minimum Gasteiger partial charge on any atom is -0.444 e. The van der Waals surface area contributed by atoms with Crippen LogP contribution in [0.15, 0.2) is 0 Å². The Labute approximate surface area is 113 Å². The van der Waals surface area contributed by atoms with Crippen LogP contribution in [0, 0.1) is 0 Å². The quantitative estimate of drug-likeness (QED) is 0.821. The highest BCUT2D eigenvalue weighted by atomic mass is 32.2. The molecule has 0 saturated carbocycles. The van der Waals surface area contributed by atoms with Crippen LogP contribution in [0.3, 0.4) is 0 Å². The molecule has 0 aromatic carbocycles. The topological polar surface area (TPSA) is 75.7 Å². The van der Waals surface area contributed by atoms with E-state index in [4.69, 9.17) is 4.74 Å². The minimum atomic E-state index is -3.38. The first kappa shape index (κ1) is 16.2. The van der Waals surface area contributed by atoms with Gasteiger partial charge in [0.1, 0.15) is 11.8 Å². The number of halogens is 1. The highest BCUT2D eigenvalue weighted by Gasteiger charge is 2.34. The van der Waals surface area contributed by atoms with Gasteiger partial charge in [-0.1, -0.05) is 0 Å². The van der Waals surface area contributed by atoms with Gasteiger partial charge in [0, 0.05) is 13.1 Å². The zero-order chi connectivity index (χ0) is 14.8. The fraction of sp³-hybridized carbons (Fsp3) is 0.909. The molecule has 6 nitrogen and oxygen atoms in total. The van der Waals surface area contributed by atoms with Crippen molar-refractivity contribution in [3.63, 3.8) is 0 Å². The molecule has 1 amide bonds. The second-order valence-electron chi connectivity index (χ2n) is 5.68. The lowest BCUT2D eigenvalue weighted by Crippen LogP contribution is -2.55. The van der Waals surface area contributed by atoms with Crippen LogP contribution >= 0.6 is 0 Å². The molecule has 8 heteroatoms. The maximum atomic E-state index is 13.7. The Hall–Kier alpha value is -0.890. The van der Waals surface area contributed by atoms with E-state index in [1.807, 2.05) is 0 Å². The molecule has 1 fully saturated rings. The zero-order valence-corrected chi connectivity index (χ0v) is 12.5. The lowest BCUT2D eigenvalue weighted by molar-refractivity contribution is 0.0436. The van der Waals surface area contributed by atoms with Crippen LogP contribution in [0.25, 0.3) is 0 Å². The van der Waals surface area contributed by atoms with Crippen molar-refractivity contribution >= 4 is 16.1 Å². The summed E-state index contributed by atoms with van der Waals surface area (Å²) in [7, 11) is -3.38. The number of ether oxygens (including phenoxy) is 1. The molecule has 1 aliphatic rings. The van der Waals surface area contributed by atoms with Crippen molar-refractivity contribution in [3.8, 4) is 0 Å². The molecule has 0 bridgehead atoms. The number of hydrogen-bond acceptors (Lipinski definition) is 4. The van der Waals surface area contributed by atoms with Gasteiger partial charge in [-0.25, -0.2) is 17.6 Å². The van der Waals surface area contributed by atoms with Gasteiger partial charge in [0.2, 0.25) is 10.0 Å². The Kier molecular flexibility index (Phi) is 4.78. The number of nitrogens with zero attached hydrogens (tertiary/aromatic N) is 1. The van der Waals surface area contributed by atoms with E-state index in [0.29, 0.717) is 0 Å². The highest BCUT2D eigenvalue weighted by Crippen LogP contribution is 2.17. The van der Waals surface area contributed by atoms with E-state index < -0.39 is 33.9 Å². The summed E-state index contributed by atoms with van der Waals surface area (Å²) in [6.45, 7) is 5.15. The number of carbonyl (C=O) groups is 1. The molecule has 1 N–H and O–H groups in total. The third kappa shape index (κ3) is 5.32. The van der Waals surface area contributed by atoms with Gasteiger partial charge in [-0.05, 0) is 27.2 Å². The fourth-order valence-corrected chi connectivity index (χ4v) is 2.66. The molecule has 0 aromatic rings. The summed E-state index contributed by atoms with van der Waals surface area (Å²) < 4.78 is 42.7. The average Bonchev–Trinajstić information content (AvgIpc) is 2.16. The standard InChI is InChI=1S/C11H21FN2O4S/c1-11(2,3)18-10(15)13-9-7-14(19(4,16)17)6-5-8(9)12/h8-9H,5-7H2,1-4H3,(H,13,15)/t8-,9-/m1/s1. The van der Waals surface area contributed by atoms with Gasteiger partial charge in [-0.3, -0.25) is 0 Å². The molecule has 0 radical (unpaired) electrons. The van der Waals surface area contributed by atoms with Crippen molar-refractivity contribution in [1.29, 1.82) is 0 Å². The Balaban J connectivity index is 2.63. The van der Waals surface area contributed by atoms with Crippen LogP contribution in [0.4, 0.5) is 9.18 Å². The van der Waals surface area contributed by atoms with Crippen molar-refractivity contribution in [2.75, 3.05) is 19.3 Å². The molecule has 0 spiro atoms. The number of rotatable bonds is 2. The van der Waals surface area contributed by atoms with E-state index >= 15 is 0 Å². The fourth-order valence-electron chi connectivity index (χ4n) is 1.79. The molecular weight excluding hydrogens is 275 g/mol. The van der Waals surface area contributed by atoms with Crippen LogP contribution in [-0.4, -0.2) is 56.0 Å². The number of alkyl halides is 1. The summed E-state index contributed by atoms with van der Waals surface area (Å²) in [6, 6.07) is -0.877. The summed E-state index contributed by atoms with van der Waals surface area (Å²) in [4.78, 5) is 11.6. The summed E-state index contributed by atoms with van der Waals surface area (Å²) in [5, 5.41) is 2.38. The summed E-state index contributed by atoms with van der Waals surface area (Å²) in [5.74, 6) is 0. The molecule has 1 heterocycles. The van der Waals surface area contributed by atoms with Crippen molar-refractivity contribution in [2.45, 2.75) is 45.0 Å². The number of hydrogen-bond donors (Lipinski definition) is 1. The maximum Gasteiger partial charge on any atom is 0.408 e. The normalized spacial score (nSPS) is 25.9. The van der Waals surface area contributed by atoms with Crippen molar-refractivity contribution in [1.82, 2.24) is 9.62 Å². The van der Waals surface area contributed by atoms with Crippen LogP contribution in [0.5, 0.6) is 0 Å². The Bertz CT molecular complexity index is 432. The van der Waals surface area contributed by atoms with Gasteiger partial charge in [0.15, 0.2) is 0 Å².